The molecule has 5 rings (SSSR count). The molecule has 2 aliphatic heterocycles. The summed E-state index contributed by atoms with van der Waals surface area (Å²) in [4.78, 5) is 32.9. The first kappa shape index (κ1) is 23.3. The molecule has 1 aromatic heterocycles. The van der Waals surface area contributed by atoms with Crippen molar-refractivity contribution in [3.8, 4) is 11.3 Å². The monoisotopic (exact) mass is 471 g/mol. The zero-order valence-electron chi connectivity index (χ0n) is 20.3. The highest BCUT2D eigenvalue weighted by molar-refractivity contribution is 6.07. The molecule has 0 radical (unpaired) electrons. The van der Waals surface area contributed by atoms with E-state index in [1.54, 1.807) is 0 Å². The maximum Gasteiger partial charge on any atom is 0.327 e. The average Bonchev–Trinajstić information content (AvgIpc) is 3.43. The molecular formula is C28H33N5O2. The third-order valence-corrected chi connectivity index (χ3v) is 7.38. The zero-order valence-corrected chi connectivity index (χ0v) is 20.3. The number of carbonyl (C=O) groups is 2. The number of piperidine rings is 1. The van der Waals surface area contributed by atoms with Crippen molar-refractivity contribution in [2.75, 3.05) is 19.6 Å². The number of aromatic nitrogens is 2. The summed E-state index contributed by atoms with van der Waals surface area (Å²) in [6.07, 6.45) is 5.17. The number of urea groups is 1. The number of benzene rings is 2. The van der Waals surface area contributed by atoms with Crippen molar-refractivity contribution in [3.63, 3.8) is 0 Å². The van der Waals surface area contributed by atoms with Crippen LogP contribution in [0.5, 0.6) is 0 Å². The van der Waals surface area contributed by atoms with Gasteiger partial charge in [-0.3, -0.25) is 19.7 Å². The molecule has 2 fully saturated rings. The molecule has 7 heteroatoms. The van der Waals surface area contributed by atoms with Crippen molar-refractivity contribution >= 4 is 11.9 Å². The van der Waals surface area contributed by atoms with E-state index in [4.69, 9.17) is 0 Å². The van der Waals surface area contributed by atoms with E-state index in [-0.39, 0.29) is 11.9 Å². The lowest BCUT2D eigenvalue weighted by Crippen LogP contribution is -2.56. The summed E-state index contributed by atoms with van der Waals surface area (Å²) < 4.78 is 0. The highest BCUT2D eigenvalue weighted by atomic mass is 16.2. The van der Waals surface area contributed by atoms with Crippen LogP contribution in [0, 0.1) is 0 Å². The van der Waals surface area contributed by atoms with Crippen LogP contribution in [0.25, 0.3) is 11.3 Å². The van der Waals surface area contributed by atoms with E-state index in [1.165, 1.54) is 4.90 Å². The first-order valence-corrected chi connectivity index (χ1v) is 12.6. The molecule has 3 heterocycles. The SMILES string of the molecule is CCCCN1C(=O)N(Cc2ccccc2)C(=O)C12CCN(Cc1c[nH]nc1-c1ccccc1)CC2. The summed E-state index contributed by atoms with van der Waals surface area (Å²) in [6.45, 7) is 5.38. The molecule has 0 saturated carbocycles. The van der Waals surface area contributed by atoms with Crippen molar-refractivity contribution in [1.29, 1.82) is 0 Å². The Balaban J connectivity index is 1.32. The minimum atomic E-state index is -0.726. The maximum absolute atomic E-state index is 13.8. The Hall–Kier alpha value is -3.45. The molecule has 3 aromatic rings. The van der Waals surface area contributed by atoms with E-state index in [1.807, 2.05) is 59.6 Å². The second-order valence-electron chi connectivity index (χ2n) is 9.60. The first-order chi connectivity index (χ1) is 17.1. The van der Waals surface area contributed by atoms with Crippen LogP contribution in [-0.2, 0) is 17.9 Å². The maximum atomic E-state index is 13.8. The number of hydrogen-bond acceptors (Lipinski definition) is 4. The molecule has 0 atom stereocenters. The number of nitrogens with zero attached hydrogens (tertiary/aromatic N) is 4. The van der Waals surface area contributed by atoms with Crippen molar-refractivity contribution in [2.24, 2.45) is 0 Å². The summed E-state index contributed by atoms with van der Waals surface area (Å²) in [5.41, 5.74) is 3.46. The number of amides is 3. The third-order valence-electron chi connectivity index (χ3n) is 7.38. The van der Waals surface area contributed by atoms with Gasteiger partial charge in [-0.15, -0.1) is 0 Å². The standard InChI is InChI=1S/C28H33N5O2/c1-2-3-16-33-27(35)32(20-22-10-6-4-7-11-22)26(34)28(33)14-17-31(18-15-28)21-24-19-29-30-25(24)23-12-8-5-9-13-23/h4-13,19H,2-3,14-18,20-21H2,1H3,(H,29,30). The smallest absolute Gasteiger partial charge is 0.309 e. The predicted octanol–water partition coefficient (Wildman–Crippen LogP) is 4.68. The van der Waals surface area contributed by atoms with Gasteiger partial charge in [0.25, 0.3) is 5.91 Å². The molecule has 35 heavy (non-hydrogen) atoms. The normalized spacial score (nSPS) is 18.1. The Labute approximate surface area is 206 Å². The third kappa shape index (κ3) is 4.48. The quantitative estimate of drug-likeness (QED) is 0.485. The fraction of sp³-hybridized carbons (Fsp3) is 0.393. The summed E-state index contributed by atoms with van der Waals surface area (Å²) in [5.74, 6) is -0.0320. The second-order valence-corrected chi connectivity index (χ2v) is 9.60. The number of H-pyrrole nitrogens is 1. The zero-order chi connectivity index (χ0) is 24.3. The van der Waals surface area contributed by atoms with Crippen molar-refractivity contribution in [1.82, 2.24) is 24.9 Å². The van der Waals surface area contributed by atoms with Crippen molar-refractivity contribution in [2.45, 2.75) is 51.2 Å². The first-order valence-electron chi connectivity index (χ1n) is 12.6. The van der Waals surface area contributed by atoms with E-state index in [0.29, 0.717) is 25.9 Å². The van der Waals surface area contributed by atoms with Crippen LogP contribution in [0.1, 0.15) is 43.7 Å². The molecule has 0 bridgehead atoms. The Morgan fingerprint density at radius 2 is 1.63 bits per heavy atom. The van der Waals surface area contributed by atoms with Crippen LogP contribution in [-0.4, -0.2) is 62.0 Å². The van der Waals surface area contributed by atoms with Gasteiger partial charge in [0.1, 0.15) is 5.54 Å². The van der Waals surface area contributed by atoms with Crippen molar-refractivity contribution < 1.29 is 9.59 Å². The number of nitrogens with one attached hydrogen (secondary N) is 1. The molecule has 7 nitrogen and oxygen atoms in total. The van der Waals surface area contributed by atoms with Gasteiger partial charge in [0.15, 0.2) is 0 Å². The Kier molecular flexibility index (Phi) is 6.68. The van der Waals surface area contributed by atoms with E-state index in [2.05, 4.69) is 34.2 Å². The van der Waals surface area contributed by atoms with Gasteiger partial charge in [-0.1, -0.05) is 74.0 Å². The van der Waals surface area contributed by atoms with E-state index in [0.717, 1.165) is 54.9 Å². The summed E-state index contributed by atoms with van der Waals surface area (Å²) in [6, 6.07) is 19.8. The van der Waals surface area contributed by atoms with Gasteiger partial charge in [-0.2, -0.15) is 5.10 Å². The van der Waals surface area contributed by atoms with Crippen LogP contribution in [0.3, 0.4) is 0 Å². The van der Waals surface area contributed by atoms with E-state index >= 15 is 0 Å². The van der Waals surface area contributed by atoms with Crippen LogP contribution >= 0.6 is 0 Å². The fourth-order valence-corrected chi connectivity index (χ4v) is 5.40. The lowest BCUT2D eigenvalue weighted by atomic mass is 9.85. The summed E-state index contributed by atoms with van der Waals surface area (Å²) >= 11 is 0. The largest absolute Gasteiger partial charge is 0.327 e. The lowest BCUT2D eigenvalue weighted by molar-refractivity contribution is -0.136. The number of carbonyl (C=O) groups excluding carboxylic acids is 2. The Bertz CT molecular complexity index is 1150. The van der Waals surface area contributed by atoms with Crippen LogP contribution in [0.4, 0.5) is 4.79 Å². The molecule has 0 unspecified atom stereocenters. The number of hydrogen-bond donors (Lipinski definition) is 1. The van der Waals surface area contributed by atoms with Gasteiger partial charge in [-0.25, -0.2) is 4.79 Å². The minimum absolute atomic E-state index is 0.0320. The molecule has 2 aliphatic rings. The van der Waals surface area contributed by atoms with Gasteiger partial charge in [0.05, 0.1) is 12.2 Å². The molecule has 3 amide bonds. The second kappa shape index (κ2) is 10.0. The molecule has 2 aromatic carbocycles. The molecule has 1 N–H and O–H groups in total. The highest BCUT2D eigenvalue weighted by Gasteiger charge is 2.57. The summed E-state index contributed by atoms with van der Waals surface area (Å²) in [7, 11) is 0. The van der Waals surface area contributed by atoms with Gasteiger partial charge >= 0.3 is 6.03 Å². The summed E-state index contributed by atoms with van der Waals surface area (Å²) in [5, 5.41) is 7.49. The highest BCUT2D eigenvalue weighted by Crippen LogP contribution is 2.39. The number of imide groups is 1. The van der Waals surface area contributed by atoms with Gasteiger partial charge in [0, 0.05) is 43.5 Å². The molecule has 2 saturated heterocycles. The Morgan fingerprint density at radius 1 is 0.943 bits per heavy atom. The van der Waals surface area contributed by atoms with Crippen molar-refractivity contribution in [3.05, 3.63) is 78.0 Å². The number of aromatic amines is 1. The molecule has 1 spiro atoms. The lowest BCUT2D eigenvalue weighted by Gasteiger charge is -2.42. The van der Waals surface area contributed by atoms with Gasteiger partial charge in [0.2, 0.25) is 0 Å². The minimum Gasteiger partial charge on any atom is -0.309 e. The predicted molar refractivity (Wildman–Crippen MR) is 135 cm³/mol. The molecular weight excluding hydrogens is 438 g/mol. The van der Waals surface area contributed by atoms with E-state index in [9.17, 15) is 9.59 Å². The topological polar surface area (TPSA) is 72.5 Å². The van der Waals surface area contributed by atoms with E-state index < -0.39 is 5.54 Å². The number of unbranched alkanes of at least 4 members (excludes halogenated alkanes) is 1. The number of likely N-dealkylation sites (tertiary alicyclic amines) is 1. The number of rotatable bonds is 8. The van der Waals surface area contributed by atoms with Crippen LogP contribution < -0.4 is 0 Å². The van der Waals surface area contributed by atoms with Crippen LogP contribution in [0.2, 0.25) is 0 Å². The van der Waals surface area contributed by atoms with Gasteiger partial charge < -0.3 is 4.90 Å². The fourth-order valence-electron chi connectivity index (χ4n) is 5.40. The van der Waals surface area contributed by atoms with Gasteiger partial charge in [-0.05, 0) is 24.8 Å². The van der Waals surface area contributed by atoms with Crippen LogP contribution in [0.15, 0.2) is 66.9 Å². The Morgan fingerprint density at radius 3 is 2.31 bits per heavy atom. The molecule has 0 aliphatic carbocycles. The average molecular weight is 472 g/mol. The molecule has 182 valence electrons.